The average Bonchev–Trinajstić information content (AvgIpc) is 3.46. The highest BCUT2D eigenvalue weighted by molar-refractivity contribution is 7.09. The van der Waals surface area contributed by atoms with Crippen molar-refractivity contribution in [2.24, 2.45) is 11.3 Å². The summed E-state index contributed by atoms with van der Waals surface area (Å²) in [5.41, 5.74) is 0.628. The van der Waals surface area contributed by atoms with Gasteiger partial charge in [-0.3, -0.25) is 4.90 Å². The van der Waals surface area contributed by atoms with Crippen LogP contribution in [-0.2, 0) is 20.9 Å². The fourth-order valence-corrected chi connectivity index (χ4v) is 5.44. The molecular formula is C23H32F6N2O5S. The van der Waals surface area contributed by atoms with Crippen LogP contribution >= 0.6 is 11.3 Å². The molecule has 1 aromatic rings. The van der Waals surface area contributed by atoms with Gasteiger partial charge >= 0.3 is 24.3 Å². The topological polar surface area (TPSA) is 90.3 Å². The number of carboxylic acids is 2. The number of carboxylic acid groups (broad SMARTS) is 2. The highest BCUT2D eigenvalue weighted by atomic mass is 32.1. The van der Waals surface area contributed by atoms with Gasteiger partial charge in [0.1, 0.15) is 0 Å². The number of hydrogen-bond acceptors (Lipinski definition) is 6. The van der Waals surface area contributed by atoms with E-state index in [4.69, 9.17) is 24.5 Å². The molecular weight excluding hydrogens is 530 g/mol. The van der Waals surface area contributed by atoms with Crippen LogP contribution < -0.4 is 0 Å². The molecule has 0 radical (unpaired) electrons. The Morgan fingerprint density at radius 2 is 1.43 bits per heavy atom. The zero-order chi connectivity index (χ0) is 27.7. The minimum absolute atomic E-state index is 0.628. The van der Waals surface area contributed by atoms with Gasteiger partial charge in [-0.25, -0.2) is 9.59 Å². The standard InChI is InChI=1S/C19H30N2OS.2C2HF3O2/c1-2-18(23-13-1)15-21-10-7-19(16-21)5-8-20(9-6-19)14-17-3-11-22-12-4-17;2*3-2(4,5)1(6)7/h1-2,13,17H,3-12,14-16H2;2*(H,6,7). The molecule has 1 spiro atoms. The molecule has 0 saturated carbocycles. The van der Waals surface area contributed by atoms with Crippen LogP contribution in [0.25, 0.3) is 0 Å². The second-order valence-corrected chi connectivity index (χ2v) is 10.5. The quantitative estimate of drug-likeness (QED) is 0.513. The van der Waals surface area contributed by atoms with Gasteiger partial charge in [-0.1, -0.05) is 6.07 Å². The van der Waals surface area contributed by atoms with Gasteiger partial charge in [0.15, 0.2) is 0 Å². The van der Waals surface area contributed by atoms with Gasteiger partial charge < -0.3 is 19.8 Å². The van der Waals surface area contributed by atoms with Crippen LogP contribution in [0.5, 0.6) is 0 Å². The summed E-state index contributed by atoms with van der Waals surface area (Å²) >= 11 is 1.90. The van der Waals surface area contributed by atoms with Crippen LogP contribution in [-0.4, -0.2) is 90.2 Å². The minimum atomic E-state index is -5.08. The molecule has 37 heavy (non-hydrogen) atoms. The summed E-state index contributed by atoms with van der Waals surface area (Å²) < 4.78 is 69.0. The van der Waals surface area contributed by atoms with Crippen molar-refractivity contribution in [3.63, 3.8) is 0 Å². The Bertz CT molecular complexity index is 812. The smallest absolute Gasteiger partial charge is 0.475 e. The van der Waals surface area contributed by atoms with Crippen molar-refractivity contribution >= 4 is 23.3 Å². The summed E-state index contributed by atoms with van der Waals surface area (Å²) in [6.07, 6.45) is -3.37. The van der Waals surface area contributed by atoms with Crippen LogP contribution in [0, 0.1) is 11.3 Å². The molecule has 0 amide bonds. The summed E-state index contributed by atoms with van der Waals surface area (Å²) in [7, 11) is 0. The van der Waals surface area contributed by atoms with Crippen molar-refractivity contribution < 1.29 is 50.9 Å². The van der Waals surface area contributed by atoms with E-state index < -0.39 is 24.3 Å². The van der Waals surface area contributed by atoms with Crippen molar-refractivity contribution in [2.45, 2.75) is 51.0 Å². The second-order valence-electron chi connectivity index (χ2n) is 9.50. The van der Waals surface area contributed by atoms with E-state index in [1.54, 1.807) is 0 Å². The number of alkyl halides is 6. The van der Waals surface area contributed by atoms with Gasteiger partial charge in [0.2, 0.25) is 0 Å². The molecule has 1 aromatic heterocycles. The monoisotopic (exact) mass is 562 g/mol. The number of hydrogen-bond donors (Lipinski definition) is 2. The predicted octanol–water partition coefficient (Wildman–Crippen LogP) is 4.73. The first-order valence-corrected chi connectivity index (χ1v) is 12.7. The third-order valence-electron chi connectivity index (χ3n) is 6.74. The molecule has 0 bridgehead atoms. The Morgan fingerprint density at radius 1 is 0.946 bits per heavy atom. The molecule has 0 atom stereocenters. The van der Waals surface area contributed by atoms with E-state index in [-0.39, 0.29) is 0 Å². The summed E-state index contributed by atoms with van der Waals surface area (Å²) in [6, 6.07) is 4.47. The van der Waals surface area contributed by atoms with Crippen molar-refractivity contribution in [3.05, 3.63) is 22.4 Å². The number of halogens is 6. The first-order valence-electron chi connectivity index (χ1n) is 11.9. The molecule has 7 nitrogen and oxygen atoms in total. The maximum Gasteiger partial charge on any atom is 0.490 e. The predicted molar refractivity (Wildman–Crippen MR) is 123 cm³/mol. The van der Waals surface area contributed by atoms with E-state index in [1.807, 2.05) is 11.3 Å². The minimum Gasteiger partial charge on any atom is -0.475 e. The van der Waals surface area contributed by atoms with E-state index in [2.05, 4.69) is 27.3 Å². The van der Waals surface area contributed by atoms with Gasteiger partial charge in [0.05, 0.1) is 0 Å². The molecule has 2 N–H and O–H groups in total. The number of likely N-dealkylation sites (tertiary alicyclic amines) is 2. The highest BCUT2D eigenvalue weighted by Crippen LogP contribution is 2.41. The lowest BCUT2D eigenvalue weighted by Gasteiger charge is -2.41. The molecule has 0 aliphatic carbocycles. The SMILES string of the molecule is O=C(O)C(F)(F)F.O=C(O)C(F)(F)F.c1csc(CN2CCC3(CCN(CC4CCOCC4)CC3)C2)c1. The Hall–Kier alpha value is -1.90. The molecule has 4 rings (SSSR count). The molecule has 3 aliphatic rings. The van der Waals surface area contributed by atoms with Crippen LogP contribution in [0.15, 0.2) is 17.5 Å². The van der Waals surface area contributed by atoms with Gasteiger partial charge in [-0.15, -0.1) is 11.3 Å². The van der Waals surface area contributed by atoms with Crippen molar-refractivity contribution in [2.75, 3.05) is 45.9 Å². The molecule has 14 heteroatoms. The lowest BCUT2D eigenvalue weighted by Crippen LogP contribution is -2.43. The molecule has 3 saturated heterocycles. The maximum absolute atomic E-state index is 10.6. The largest absolute Gasteiger partial charge is 0.490 e. The van der Waals surface area contributed by atoms with Crippen molar-refractivity contribution in [1.82, 2.24) is 9.80 Å². The molecule has 4 heterocycles. The Labute approximate surface area is 215 Å². The normalized spacial score (nSPS) is 21.0. The zero-order valence-corrected chi connectivity index (χ0v) is 21.0. The van der Waals surface area contributed by atoms with Crippen LogP contribution in [0.3, 0.4) is 0 Å². The van der Waals surface area contributed by atoms with E-state index in [0.717, 1.165) is 19.1 Å². The Kier molecular flexibility index (Phi) is 11.7. The number of carbonyl (C=O) groups is 2. The number of thiophene rings is 1. The lowest BCUT2D eigenvalue weighted by molar-refractivity contribution is -0.193. The molecule has 3 fully saturated rings. The van der Waals surface area contributed by atoms with Crippen LogP contribution in [0.4, 0.5) is 26.3 Å². The van der Waals surface area contributed by atoms with E-state index in [0.29, 0.717) is 5.41 Å². The third-order valence-corrected chi connectivity index (χ3v) is 7.60. The number of rotatable bonds is 4. The molecule has 0 unspecified atom stereocenters. The second kappa shape index (κ2) is 13.8. The summed E-state index contributed by atoms with van der Waals surface area (Å²) in [4.78, 5) is 24.8. The van der Waals surface area contributed by atoms with Crippen LogP contribution in [0.1, 0.15) is 37.0 Å². The number of piperidine rings is 1. The summed E-state index contributed by atoms with van der Waals surface area (Å²) in [5, 5.41) is 16.5. The highest BCUT2D eigenvalue weighted by Gasteiger charge is 2.41. The van der Waals surface area contributed by atoms with Crippen LogP contribution in [0.2, 0.25) is 0 Å². The first kappa shape index (κ1) is 31.3. The third kappa shape index (κ3) is 11.2. The maximum atomic E-state index is 10.6. The number of aliphatic carboxylic acids is 2. The lowest BCUT2D eigenvalue weighted by atomic mass is 9.77. The van der Waals surface area contributed by atoms with E-state index in [9.17, 15) is 26.3 Å². The van der Waals surface area contributed by atoms with E-state index >= 15 is 0 Å². The van der Waals surface area contributed by atoms with Crippen molar-refractivity contribution in [1.29, 1.82) is 0 Å². The fraction of sp³-hybridized carbons (Fsp3) is 0.739. The van der Waals surface area contributed by atoms with Gasteiger partial charge in [-0.05, 0) is 74.5 Å². The fourth-order valence-electron chi connectivity index (χ4n) is 4.70. The molecule has 212 valence electrons. The summed E-state index contributed by atoms with van der Waals surface area (Å²) in [5.74, 6) is -4.63. The summed E-state index contributed by atoms with van der Waals surface area (Å²) in [6.45, 7) is 9.74. The number of nitrogens with zero attached hydrogens (tertiary/aromatic N) is 2. The number of ether oxygens (including phenoxy) is 1. The molecule has 3 aliphatic heterocycles. The zero-order valence-electron chi connectivity index (χ0n) is 20.2. The van der Waals surface area contributed by atoms with Gasteiger partial charge in [0, 0.05) is 37.7 Å². The Balaban J connectivity index is 0.000000286. The first-order chi connectivity index (χ1) is 17.2. The average molecular weight is 563 g/mol. The Morgan fingerprint density at radius 3 is 1.86 bits per heavy atom. The molecule has 0 aromatic carbocycles. The van der Waals surface area contributed by atoms with Gasteiger partial charge in [-0.2, -0.15) is 26.3 Å². The van der Waals surface area contributed by atoms with Gasteiger partial charge in [0.25, 0.3) is 0 Å². The van der Waals surface area contributed by atoms with Crippen molar-refractivity contribution in [3.8, 4) is 0 Å². The van der Waals surface area contributed by atoms with E-state index in [1.165, 1.54) is 76.2 Å².